The fourth-order valence-corrected chi connectivity index (χ4v) is 3.58. The van der Waals surface area contributed by atoms with Crippen LogP contribution in [0.25, 0.3) is 0 Å². The number of hydrogen-bond donors (Lipinski definition) is 0. The first-order chi connectivity index (χ1) is 9.22. The van der Waals surface area contributed by atoms with E-state index in [0.29, 0.717) is 18.8 Å². The molecule has 0 saturated heterocycles. The van der Waals surface area contributed by atoms with Crippen LogP contribution in [0.1, 0.15) is 11.1 Å². The van der Waals surface area contributed by atoms with Crippen LogP contribution in [0.15, 0.2) is 34.1 Å². The Balaban J connectivity index is 1.61. The number of halogens is 1. The van der Waals surface area contributed by atoms with E-state index in [-0.39, 0.29) is 11.7 Å². The maximum Gasteiger partial charge on any atom is 0.233 e. The fraction of sp³-hybridized carbons (Fsp3) is 0.231. The van der Waals surface area contributed by atoms with Gasteiger partial charge in [0.2, 0.25) is 5.91 Å². The number of thioether (sulfide) groups is 1. The van der Waals surface area contributed by atoms with E-state index in [2.05, 4.69) is 4.98 Å². The standard InChI is InChI=1S/C13H11FN2OS2/c14-11-2-1-9-6-16(7-10(9)5-11)12(17)8-19-13-15-3-4-18-13/h1-5H,6-8H2. The van der Waals surface area contributed by atoms with Gasteiger partial charge in [-0.1, -0.05) is 17.8 Å². The minimum atomic E-state index is -0.245. The molecule has 1 amide bonds. The Morgan fingerprint density at radius 3 is 3.05 bits per heavy atom. The largest absolute Gasteiger partial charge is 0.333 e. The summed E-state index contributed by atoms with van der Waals surface area (Å²) in [7, 11) is 0. The summed E-state index contributed by atoms with van der Waals surface area (Å²) >= 11 is 2.97. The number of amides is 1. The van der Waals surface area contributed by atoms with Crippen molar-refractivity contribution in [3.05, 3.63) is 46.7 Å². The molecular weight excluding hydrogens is 283 g/mol. The molecule has 0 saturated carbocycles. The molecule has 0 fully saturated rings. The summed E-state index contributed by atoms with van der Waals surface area (Å²) in [6.45, 7) is 1.08. The lowest BCUT2D eigenvalue weighted by atomic mass is 10.1. The second-order valence-electron chi connectivity index (χ2n) is 4.25. The summed E-state index contributed by atoms with van der Waals surface area (Å²) in [5.41, 5.74) is 1.95. The third-order valence-electron chi connectivity index (χ3n) is 2.97. The van der Waals surface area contributed by atoms with Crippen LogP contribution in [0.5, 0.6) is 0 Å². The van der Waals surface area contributed by atoms with Crippen LogP contribution in [-0.2, 0) is 17.9 Å². The average molecular weight is 294 g/mol. The number of fused-ring (bicyclic) bond motifs is 1. The number of hydrogen-bond acceptors (Lipinski definition) is 4. The number of nitrogens with zero attached hydrogens (tertiary/aromatic N) is 2. The Bertz CT molecular complexity index is 601. The summed E-state index contributed by atoms with van der Waals surface area (Å²) in [4.78, 5) is 18.0. The molecule has 1 aliphatic rings. The normalized spacial score (nSPS) is 13.6. The zero-order valence-electron chi connectivity index (χ0n) is 10.0. The van der Waals surface area contributed by atoms with E-state index in [1.807, 2.05) is 5.38 Å². The molecule has 98 valence electrons. The highest BCUT2D eigenvalue weighted by Gasteiger charge is 2.23. The number of carbonyl (C=O) groups excluding carboxylic acids is 1. The van der Waals surface area contributed by atoms with Gasteiger partial charge in [-0.25, -0.2) is 9.37 Å². The van der Waals surface area contributed by atoms with Gasteiger partial charge < -0.3 is 4.90 Å². The molecule has 2 heterocycles. The molecule has 19 heavy (non-hydrogen) atoms. The third-order valence-corrected chi connectivity index (χ3v) is 4.92. The van der Waals surface area contributed by atoms with Gasteiger partial charge in [0.15, 0.2) is 0 Å². The van der Waals surface area contributed by atoms with Crippen LogP contribution in [0, 0.1) is 5.82 Å². The van der Waals surface area contributed by atoms with Gasteiger partial charge in [-0.3, -0.25) is 4.79 Å². The zero-order valence-corrected chi connectivity index (χ0v) is 11.6. The van der Waals surface area contributed by atoms with Gasteiger partial charge >= 0.3 is 0 Å². The highest BCUT2D eigenvalue weighted by atomic mass is 32.2. The molecule has 0 N–H and O–H groups in total. The molecule has 0 bridgehead atoms. The summed E-state index contributed by atoms with van der Waals surface area (Å²) in [5.74, 6) is 0.200. The number of carbonyl (C=O) groups is 1. The highest BCUT2D eigenvalue weighted by Crippen LogP contribution is 2.26. The van der Waals surface area contributed by atoms with Crippen molar-refractivity contribution in [3.8, 4) is 0 Å². The highest BCUT2D eigenvalue weighted by molar-refractivity contribution is 8.01. The van der Waals surface area contributed by atoms with Crippen LogP contribution in [-0.4, -0.2) is 21.5 Å². The molecule has 6 heteroatoms. The number of thiazole rings is 1. The Hall–Kier alpha value is -1.40. The lowest BCUT2D eigenvalue weighted by Crippen LogP contribution is -2.26. The van der Waals surface area contributed by atoms with Gasteiger partial charge in [0.1, 0.15) is 10.2 Å². The van der Waals surface area contributed by atoms with Crippen LogP contribution in [0.4, 0.5) is 4.39 Å². The van der Waals surface area contributed by atoms with E-state index in [1.165, 1.54) is 35.2 Å². The van der Waals surface area contributed by atoms with Gasteiger partial charge in [0.05, 0.1) is 5.75 Å². The second-order valence-corrected chi connectivity index (χ2v) is 6.37. The topological polar surface area (TPSA) is 33.2 Å². The quantitative estimate of drug-likeness (QED) is 0.816. The van der Waals surface area contributed by atoms with Gasteiger partial charge in [-0.2, -0.15) is 0 Å². The van der Waals surface area contributed by atoms with Gasteiger partial charge in [0.25, 0.3) is 0 Å². The first-order valence-corrected chi connectivity index (χ1v) is 7.66. The fourth-order valence-electron chi connectivity index (χ4n) is 2.04. The molecular formula is C13H11FN2OS2. The minimum absolute atomic E-state index is 0.0665. The summed E-state index contributed by atoms with van der Waals surface area (Å²) in [6.07, 6.45) is 1.73. The van der Waals surface area contributed by atoms with Crippen LogP contribution in [0.2, 0.25) is 0 Å². The monoisotopic (exact) mass is 294 g/mol. The van der Waals surface area contributed by atoms with E-state index in [0.717, 1.165) is 15.5 Å². The van der Waals surface area contributed by atoms with Crippen LogP contribution >= 0.6 is 23.1 Å². The Morgan fingerprint density at radius 1 is 1.42 bits per heavy atom. The van der Waals surface area contributed by atoms with Gasteiger partial charge in [-0.15, -0.1) is 11.3 Å². The van der Waals surface area contributed by atoms with E-state index in [9.17, 15) is 9.18 Å². The van der Waals surface area contributed by atoms with Crippen molar-refractivity contribution >= 4 is 29.0 Å². The Labute approximate surface area is 118 Å². The molecule has 3 nitrogen and oxygen atoms in total. The summed E-state index contributed by atoms with van der Waals surface area (Å²) < 4.78 is 14.0. The van der Waals surface area contributed by atoms with Crippen molar-refractivity contribution in [3.63, 3.8) is 0 Å². The lowest BCUT2D eigenvalue weighted by Gasteiger charge is -2.14. The van der Waals surface area contributed by atoms with E-state index >= 15 is 0 Å². The van der Waals surface area contributed by atoms with Crippen molar-refractivity contribution in [1.29, 1.82) is 0 Å². The maximum atomic E-state index is 13.1. The first kappa shape index (κ1) is 12.6. The predicted octanol–water partition coefficient (Wildman–Crippen LogP) is 2.92. The number of benzene rings is 1. The number of rotatable bonds is 3. The molecule has 1 aliphatic heterocycles. The van der Waals surface area contributed by atoms with Crippen LogP contribution < -0.4 is 0 Å². The van der Waals surface area contributed by atoms with E-state index in [4.69, 9.17) is 0 Å². The molecule has 3 rings (SSSR count). The molecule has 0 unspecified atom stereocenters. The van der Waals surface area contributed by atoms with Crippen LogP contribution in [0.3, 0.4) is 0 Å². The molecule has 0 spiro atoms. The molecule has 1 aromatic heterocycles. The smallest absolute Gasteiger partial charge is 0.233 e. The predicted molar refractivity (Wildman–Crippen MR) is 73.5 cm³/mol. The minimum Gasteiger partial charge on any atom is -0.333 e. The second kappa shape index (κ2) is 5.30. The molecule has 0 atom stereocenters. The summed E-state index contributed by atoms with van der Waals surface area (Å²) in [6, 6.07) is 4.71. The zero-order chi connectivity index (χ0) is 13.2. The van der Waals surface area contributed by atoms with Crippen molar-refractivity contribution in [2.24, 2.45) is 0 Å². The third kappa shape index (κ3) is 2.79. The molecule has 2 aromatic rings. The van der Waals surface area contributed by atoms with Crippen molar-refractivity contribution in [2.75, 3.05) is 5.75 Å². The first-order valence-electron chi connectivity index (χ1n) is 5.80. The Kier molecular flexibility index (Phi) is 3.52. The number of aromatic nitrogens is 1. The van der Waals surface area contributed by atoms with Crippen molar-refractivity contribution < 1.29 is 9.18 Å². The SMILES string of the molecule is O=C(CSc1nccs1)N1Cc2ccc(F)cc2C1. The van der Waals surface area contributed by atoms with Gasteiger partial charge in [-0.05, 0) is 23.3 Å². The average Bonchev–Trinajstić information content (AvgIpc) is 3.04. The van der Waals surface area contributed by atoms with E-state index < -0.39 is 0 Å². The lowest BCUT2D eigenvalue weighted by molar-refractivity contribution is -0.128. The van der Waals surface area contributed by atoms with Crippen molar-refractivity contribution in [2.45, 2.75) is 17.4 Å². The van der Waals surface area contributed by atoms with Crippen molar-refractivity contribution in [1.82, 2.24) is 9.88 Å². The molecule has 0 aliphatic carbocycles. The maximum absolute atomic E-state index is 13.1. The molecule has 0 radical (unpaired) electrons. The Morgan fingerprint density at radius 2 is 2.26 bits per heavy atom. The van der Waals surface area contributed by atoms with E-state index in [1.54, 1.807) is 17.2 Å². The summed E-state index contributed by atoms with van der Waals surface area (Å²) in [5, 5.41) is 1.89. The molecule has 1 aromatic carbocycles. The van der Waals surface area contributed by atoms with Gasteiger partial charge in [0, 0.05) is 24.7 Å².